The molecule has 0 aromatic rings. The molecule has 0 N–H and O–H groups in total. The minimum atomic E-state index is -0.228. The van der Waals surface area contributed by atoms with E-state index >= 15 is 0 Å². The lowest BCUT2D eigenvalue weighted by Crippen LogP contribution is -2.41. The van der Waals surface area contributed by atoms with Crippen LogP contribution in [0.5, 0.6) is 0 Å². The second-order valence-electron chi connectivity index (χ2n) is 7.93. The largest absolute Gasteiger partial charge is 0.461 e. The van der Waals surface area contributed by atoms with E-state index in [1.807, 2.05) is 0 Å². The fourth-order valence-corrected chi connectivity index (χ4v) is 3.24. The molecule has 1 saturated carbocycles. The van der Waals surface area contributed by atoms with Crippen LogP contribution in [0.1, 0.15) is 60.8 Å². The first kappa shape index (κ1) is 16.8. The fraction of sp³-hybridized carbons (Fsp3) is 0.778. The van der Waals surface area contributed by atoms with Gasteiger partial charge in [-0.25, -0.2) is 0 Å². The first-order chi connectivity index (χ1) is 9.62. The Morgan fingerprint density at radius 3 is 2.33 bits per heavy atom. The van der Waals surface area contributed by atoms with Crippen LogP contribution in [0.25, 0.3) is 0 Å². The van der Waals surface area contributed by atoms with E-state index in [9.17, 15) is 0 Å². The monoisotopic (exact) mass is 290 g/mol. The molecule has 1 aliphatic carbocycles. The number of rotatable bonds is 3. The van der Waals surface area contributed by atoms with E-state index in [0.717, 1.165) is 12.7 Å². The van der Waals surface area contributed by atoms with Gasteiger partial charge in [-0.2, -0.15) is 0 Å². The van der Waals surface area contributed by atoms with Crippen LogP contribution >= 0.6 is 0 Å². The van der Waals surface area contributed by atoms with E-state index in [2.05, 4.69) is 54.2 Å². The van der Waals surface area contributed by atoms with Gasteiger partial charge in [0.1, 0.15) is 0 Å². The Kier molecular flexibility index (Phi) is 4.75. The van der Waals surface area contributed by atoms with E-state index in [0.29, 0.717) is 11.8 Å². The van der Waals surface area contributed by atoms with Crippen LogP contribution in [0.2, 0.25) is 6.32 Å². The second kappa shape index (κ2) is 5.93. The minimum absolute atomic E-state index is 0.111. The average molecular weight is 290 g/mol. The summed E-state index contributed by atoms with van der Waals surface area (Å²) in [6.45, 7) is 17.1. The third-order valence-corrected chi connectivity index (χ3v) is 5.63. The molecule has 0 aromatic heterocycles. The van der Waals surface area contributed by atoms with E-state index in [4.69, 9.17) is 9.31 Å². The average Bonchev–Trinajstić information content (AvgIpc) is 2.56. The molecule has 0 radical (unpaired) electrons. The lowest BCUT2D eigenvalue weighted by Gasteiger charge is -2.32. The van der Waals surface area contributed by atoms with Gasteiger partial charge < -0.3 is 9.31 Å². The Bertz CT molecular complexity index is 420. The first-order valence-electron chi connectivity index (χ1n) is 8.32. The molecule has 0 aromatic carbocycles. The van der Waals surface area contributed by atoms with Crippen molar-refractivity contribution in [1.82, 2.24) is 0 Å². The Hall–Kier alpha value is -0.535. The topological polar surface area (TPSA) is 18.5 Å². The second-order valence-corrected chi connectivity index (χ2v) is 7.93. The zero-order chi connectivity index (χ0) is 15.8. The summed E-state index contributed by atoms with van der Waals surface area (Å²) in [7, 11) is -0.111. The standard InChI is InChI=1S/C18H31BO2/c1-13(2)15-9-8-14(3)16(12-15)10-11-19-20-17(4,5)18(6,7)21-19/h10,14-15H,1,8-9,11-12H2,2-7H3/b16-10+. The summed E-state index contributed by atoms with van der Waals surface area (Å²) in [5.74, 6) is 1.34. The first-order valence-corrected chi connectivity index (χ1v) is 8.32. The molecule has 1 heterocycles. The molecule has 0 spiro atoms. The molecule has 2 rings (SSSR count). The van der Waals surface area contributed by atoms with Gasteiger partial charge in [0.25, 0.3) is 0 Å². The Morgan fingerprint density at radius 1 is 1.24 bits per heavy atom. The maximum Gasteiger partial charge on any atom is 0.461 e. The van der Waals surface area contributed by atoms with Crippen molar-refractivity contribution in [3.63, 3.8) is 0 Å². The molecule has 2 nitrogen and oxygen atoms in total. The minimum Gasteiger partial charge on any atom is -0.403 e. The van der Waals surface area contributed by atoms with Crippen molar-refractivity contribution in [2.75, 3.05) is 0 Å². The Labute approximate surface area is 131 Å². The number of allylic oxidation sites excluding steroid dienone is 3. The van der Waals surface area contributed by atoms with Crippen LogP contribution in [-0.4, -0.2) is 18.3 Å². The van der Waals surface area contributed by atoms with Crippen LogP contribution in [0, 0.1) is 11.8 Å². The predicted octanol–water partition coefficient (Wildman–Crippen LogP) is 5.02. The summed E-state index contributed by atoms with van der Waals surface area (Å²) in [6, 6.07) is 0. The number of hydrogen-bond acceptors (Lipinski definition) is 2. The van der Waals surface area contributed by atoms with Crippen molar-refractivity contribution in [1.29, 1.82) is 0 Å². The van der Waals surface area contributed by atoms with Crippen LogP contribution in [0.15, 0.2) is 23.8 Å². The molecular formula is C18H31BO2. The van der Waals surface area contributed by atoms with Gasteiger partial charge in [-0.05, 0) is 65.7 Å². The van der Waals surface area contributed by atoms with Crippen molar-refractivity contribution in [2.45, 2.75) is 78.3 Å². The summed E-state index contributed by atoms with van der Waals surface area (Å²) >= 11 is 0. The molecule has 3 heteroatoms. The lowest BCUT2D eigenvalue weighted by atomic mass is 9.74. The Morgan fingerprint density at radius 2 is 1.81 bits per heavy atom. The van der Waals surface area contributed by atoms with Gasteiger partial charge in [-0.3, -0.25) is 0 Å². The molecule has 0 amide bonds. The highest BCUT2D eigenvalue weighted by Gasteiger charge is 2.50. The smallest absolute Gasteiger partial charge is 0.403 e. The van der Waals surface area contributed by atoms with Crippen molar-refractivity contribution in [3.8, 4) is 0 Å². The van der Waals surface area contributed by atoms with Crippen LogP contribution in [-0.2, 0) is 9.31 Å². The van der Waals surface area contributed by atoms with Crippen molar-refractivity contribution < 1.29 is 9.31 Å². The Balaban J connectivity index is 1.99. The normalized spacial score (nSPS) is 33.4. The molecule has 2 aliphatic rings. The van der Waals surface area contributed by atoms with Gasteiger partial charge in [0.2, 0.25) is 0 Å². The van der Waals surface area contributed by atoms with Crippen molar-refractivity contribution in [3.05, 3.63) is 23.8 Å². The summed E-state index contributed by atoms with van der Waals surface area (Å²) in [6.07, 6.45) is 6.93. The molecule has 2 fully saturated rings. The summed E-state index contributed by atoms with van der Waals surface area (Å²) in [4.78, 5) is 0. The van der Waals surface area contributed by atoms with Gasteiger partial charge in [0.05, 0.1) is 11.2 Å². The predicted molar refractivity (Wildman–Crippen MR) is 90.3 cm³/mol. The molecule has 0 bridgehead atoms. The molecule has 118 valence electrons. The van der Waals surface area contributed by atoms with Crippen LogP contribution in [0.3, 0.4) is 0 Å². The van der Waals surface area contributed by atoms with Crippen LogP contribution in [0.4, 0.5) is 0 Å². The highest BCUT2D eigenvalue weighted by atomic mass is 16.7. The van der Waals surface area contributed by atoms with Crippen molar-refractivity contribution >= 4 is 7.12 Å². The lowest BCUT2D eigenvalue weighted by molar-refractivity contribution is 0.00578. The fourth-order valence-electron chi connectivity index (χ4n) is 3.24. The quantitative estimate of drug-likeness (QED) is 0.537. The highest BCUT2D eigenvalue weighted by molar-refractivity contribution is 6.46. The third-order valence-electron chi connectivity index (χ3n) is 5.63. The molecular weight excluding hydrogens is 259 g/mol. The van der Waals surface area contributed by atoms with Crippen LogP contribution < -0.4 is 0 Å². The summed E-state index contributed by atoms with van der Waals surface area (Å²) in [5.41, 5.74) is 2.43. The molecule has 2 unspecified atom stereocenters. The summed E-state index contributed by atoms with van der Waals surface area (Å²) in [5, 5.41) is 0. The van der Waals surface area contributed by atoms with E-state index < -0.39 is 0 Å². The molecule has 21 heavy (non-hydrogen) atoms. The van der Waals surface area contributed by atoms with Gasteiger partial charge in [0.15, 0.2) is 0 Å². The maximum atomic E-state index is 6.08. The highest BCUT2D eigenvalue weighted by Crippen LogP contribution is 2.40. The number of hydrogen-bond donors (Lipinski definition) is 0. The third kappa shape index (κ3) is 3.63. The van der Waals surface area contributed by atoms with Gasteiger partial charge in [0, 0.05) is 6.32 Å². The van der Waals surface area contributed by atoms with E-state index in [1.54, 1.807) is 5.57 Å². The van der Waals surface area contributed by atoms with Gasteiger partial charge in [-0.15, -0.1) is 0 Å². The zero-order valence-electron chi connectivity index (χ0n) is 14.7. The summed E-state index contributed by atoms with van der Waals surface area (Å²) < 4.78 is 12.2. The maximum absolute atomic E-state index is 6.08. The van der Waals surface area contributed by atoms with Gasteiger partial charge in [-0.1, -0.05) is 30.7 Å². The molecule has 1 aliphatic heterocycles. The van der Waals surface area contributed by atoms with E-state index in [1.165, 1.54) is 18.4 Å². The van der Waals surface area contributed by atoms with Crippen molar-refractivity contribution in [2.24, 2.45) is 11.8 Å². The van der Waals surface area contributed by atoms with Gasteiger partial charge >= 0.3 is 7.12 Å². The SMILES string of the molecule is C=C(C)C1CCC(C)/C(=C/CB2OC(C)(C)C(C)(C)O2)C1. The molecule has 1 saturated heterocycles. The zero-order valence-corrected chi connectivity index (χ0v) is 14.7. The van der Waals surface area contributed by atoms with E-state index in [-0.39, 0.29) is 18.3 Å². The molecule has 2 atom stereocenters.